The number of hydrogen-bond donors (Lipinski definition) is 2. The van der Waals surface area contributed by atoms with Gasteiger partial charge in [0.25, 0.3) is 11.8 Å². The highest BCUT2D eigenvalue weighted by molar-refractivity contribution is 9.10. The van der Waals surface area contributed by atoms with Crippen molar-refractivity contribution in [2.24, 2.45) is 0 Å². The molecule has 9 heteroatoms. The van der Waals surface area contributed by atoms with Crippen LogP contribution in [0.3, 0.4) is 0 Å². The van der Waals surface area contributed by atoms with Gasteiger partial charge < -0.3 is 10.6 Å². The summed E-state index contributed by atoms with van der Waals surface area (Å²) in [5, 5.41) is 10.1. The molecule has 0 saturated carbocycles. The lowest BCUT2D eigenvalue weighted by Crippen LogP contribution is -2.23. The van der Waals surface area contributed by atoms with E-state index in [0.717, 1.165) is 5.56 Å². The normalized spacial score (nSPS) is 10.2. The number of benzene rings is 1. The molecular weight excluding hydrogens is 458 g/mol. The molecule has 2 amide bonds. The fraction of sp³-hybridized carbons (Fsp3) is 0.200. The second-order valence-corrected chi connectivity index (χ2v) is 7.34. The molecule has 2 aromatic heterocycles. The lowest BCUT2D eigenvalue weighted by Gasteiger charge is -2.14. The summed E-state index contributed by atoms with van der Waals surface area (Å²) in [6.45, 7) is 3.65. The predicted molar refractivity (Wildman–Crippen MR) is 118 cm³/mol. The van der Waals surface area contributed by atoms with Gasteiger partial charge in [0.1, 0.15) is 10.3 Å². The van der Waals surface area contributed by atoms with Gasteiger partial charge in [0.2, 0.25) is 0 Å². The van der Waals surface area contributed by atoms with Gasteiger partial charge in [-0.25, -0.2) is 9.67 Å². The smallest absolute Gasteiger partial charge is 0.274 e. The monoisotopic (exact) mass is 477 g/mol. The highest BCUT2D eigenvalue weighted by Gasteiger charge is 2.21. The van der Waals surface area contributed by atoms with Crippen LogP contribution in [0.1, 0.15) is 39.4 Å². The first-order valence-corrected chi connectivity index (χ1v) is 9.50. The van der Waals surface area contributed by atoms with Crippen LogP contribution in [0.4, 0.5) is 5.69 Å². The van der Waals surface area contributed by atoms with Crippen molar-refractivity contribution in [3.05, 3.63) is 68.5 Å². The second kappa shape index (κ2) is 9.19. The van der Waals surface area contributed by atoms with Crippen LogP contribution in [0.5, 0.6) is 0 Å². The summed E-state index contributed by atoms with van der Waals surface area (Å²) in [7, 11) is 1.51. The molecule has 2 heterocycles. The Balaban J connectivity index is 0.00000300. The third kappa shape index (κ3) is 4.65. The highest BCUT2D eigenvalue weighted by Crippen LogP contribution is 2.27. The van der Waals surface area contributed by atoms with Crippen LogP contribution < -0.4 is 10.6 Å². The van der Waals surface area contributed by atoms with E-state index < -0.39 is 5.91 Å². The number of anilines is 1. The number of amides is 2. The Morgan fingerprint density at radius 3 is 2.52 bits per heavy atom. The summed E-state index contributed by atoms with van der Waals surface area (Å²) in [4.78, 5) is 29.6. The van der Waals surface area contributed by atoms with Crippen molar-refractivity contribution < 1.29 is 9.59 Å². The average Bonchev–Trinajstić information content (AvgIpc) is 3.05. The van der Waals surface area contributed by atoms with Crippen molar-refractivity contribution in [2.45, 2.75) is 21.3 Å². The minimum absolute atomic E-state index is 0. The summed E-state index contributed by atoms with van der Waals surface area (Å²) in [5.74, 6) is -0.243. The molecule has 152 valence electrons. The van der Waals surface area contributed by atoms with Gasteiger partial charge in [0.15, 0.2) is 5.82 Å². The number of nitrogens with zero attached hydrogens (tertiary/aromatic N) is 3. The van der Waals surface area contributed by atoms with Crippen LogP contribution in [0.2, 0.25) is 5.02 Å². The minimum Gasteiger partial charge on any atom is -0.355 e. The number of carbonyl (C=O) groups excluding carboxylic acids is 2. The molecule has 0 aliphatic rings. The molecule has 0 aliphatic carbocycles. The zero-order chi connectivity index (χ0) is 20.4. The first-order chi connectivity index (χ1) is 13.3. The zero-order valence-corrected chi connectivity index (χ0v) is 17.7. The van der Waals surface area contributed by atoms with E-state index >= 15 is 0 Å². The van der Waals surface area contributed by atoms with E-state index in [2.05, 4.69) is 36.6 Å². The summed E-state index contributed by atoms with van der Waals surface area (Å²) in [6, 6.07) is 8.48. The molecule has 0 radical (unpaired) electrons. The number of pyridine rings is 1. The largest absolute Gasteiger partial charge is 0.355 e. The van der Waals surface area contributed by atoms with E-state index in [1.165, 1.54) is 17.8 Å². The standard InChI is InChI=1S/C19H17BrClN5O2.CH4/c1-10-5-4-6-23-17(10)26-14(9-15(20)25-26)19(28)24-16-11(2)7-12(21)8-13(16)18(27)22-3;/h4-9H,1-3H3,(H,22,27)(H,24,28);1H4. The number of aryl methyl sites for hydroxylation is 2. The fourth-order valence-corrected chi connectivity index (χ4v) is 3.42. The number of hydrogen-bond acceptors (Lipinski definition) is 4. The van der Waals surface area contributed by atoms with Crippen molar-refractivity contribution in [2.75, 3.05) is 12.4 Å². The summed E-state index contributed by atoms with van der Waals surface area (Å²) in [6.07, 6.45) is 1.63. The fourth-order valence-electron chi connectivity index (χ4n) is 2.77. The van der Waals surface area contributed by atoms with Gasteiger partial charge in [-0.2, -0.15) is 5.10 Å². The number of aromatic nitrogens is 3. The number of halogens is 2. The van der Waals surface area contributed by atoms with Crippen molar-refractivity contribution in [1.82, 2.24) is 20.1 Å². The molecule has 0 fully saturated rings. The quantitative estimate of drug-likeness (QED) is 0.576. The lowest BCUT2D eigenvalue weighted by molar-refractivity contribution is 0.0964. The summed E-state index contributed by atoms with van der Waals surface area (Å²) in [5.41, 5.74) is 2.46. The maximum atomic E-state index is 13.0. The van der Waals surface area contributed by atoms with Crippen LogP contribution in [0.15, 0.2) is 41.1 Å². The summed E-state index contributed by atoms with van der Waals surface area (Å²) >= 11 is 9.39. The van der Waals surface area contributed by atoms with Crippen LogP contribution in [-0.4, -0.2) is 33.6 Å². The Morgan fingerprint density at radius 2 is 1.86 bits per heavy atom. The van der Waals surface area contributed by atoms with Gasteiger partial charge in [0.05, 0.1) is 11.3 Å². The van der Waals surface area contributed by atoms with Crippen LogP contribution in [0.25, 0.3) is 5.82 Å². The number of nitrogens with one attached hydrogen (secondary N) is 2. The molecular formula is C20H21BrClN5O2. The van der Waals surface area contributed by atoms with E-state index in [9.17, 15) is 9.59 Å². The lowest BCUT2D eigenvalue weighted by atomic mass is 10.1. The molecule has 7 nitrogen and oxygen atoms in total. The second-order valence-electron chi connectivity index (χ2n) is 6.09. The molecule has 1 aromatic carbocycles. The Kier molecular flexibility index (Phi) is 7.16. The van der Waals surface area contributed by atoms with Gasteiger partial charge in [-0.3, -0.25) is 9.59 Å². The van der Waals surface area contributed by atoms with Gasteiger partial charge >= 0.3 is 0 Å². The maximum absolute atomic E-state index is 13.0. The average molecular weight is 479 g/mol. The van der Waals surface area contributed by atoms with E-state index in [4.69, 9.17) is 11.6 Å². The molecule has 0 atom stereocenters. The van der Waals surface area contributed by atoms with Crippen LogP contribution in [0, 0.1) is 13.8 Å². The zero-order valence-electron chi connectivity index (χ0n) is 15.4. The van der Waals surface area contributed by atoms with Crippen LogP contribution in [-0.2, 0) is 0 Å². The van der Waals surface area contributed by atoms with E-state index in [-0.39, 0.29) is 24.6 Å². The first-order valence-electron chi connectivity index (χ1n) is 8.33. The first kappa shape index (κ1) is 22.6. The van der Waals surface area contributed by atoms with Crippen molar-refractivity contribution in [1.29, 1.82) is 0 Å². The maximum Gasteiger partial charge on any atom is 0.274 e. The van der Waals surface area contributed by atoms with Crippen molar-refractivity contribution >= 4 is 45.0 Å². The van der Waals surface area contributed by atoms with Gasteiger partial charge in [-0.15, -0.1) is 0 Å². The Hall–Kier alpha value is -2.71. The van der Waals surface area contributed by atoms with E-state index in [0.29, 0.717) is 26.7 Å². The third-order valence-electron chi connectivity index (χ3n) is 4.11. The van der Waals surface area contributed by atoms with Crippen LogP contribution >= 0.6 is 27.5 Å². The number of rotatable bonds is 4. The molecule has 0 aliphatic heterocycles. The van der Waals surface area contributed by atoms with Gasteiger partial charge in [0, 0.05) is 24.3 Å². The van der Waals surface area contributed by atoms with E-state index in [1.807, 2.05) is 19.1 Å². The van der Waals surface area contributed by atoms with E-state index in [1.54, 1.807) is 25.3 Å². The molecule has 0 bridgehead atoms. The topological polar surface area (TPSA) is 88.9 Å². The van der Waals surface area contributed by atoms with Crippen molar-refractivity contribution in [3.8, 4) is 5.82 Å². The summed E-state index contributed by atoms with van der Waals surface area (Å²) < 4.78 is 1.95. The Labute approximate surface area is 182 Å². The van der Waals surface area contributed by atoms with Gasteiger partial charge in [-0.05, 0) is 59.1 Å². The minimum atomic E-state index is -0.432. The third-order valence-corrected chi connectivity index (χ3v) is 4.71. The molecule has 0 spiro atoms. The van der Waals surface area contributed by atoms with Gasteiger partial charge in [-0.1, -0.05) is 25.1 Å². The molecule has 0 unspecified atom stereocenters. The molecule has 3 rings (SSSR count). The predicted octanol–water partition coefficient (Wildman–Crippen LogP) is 4.55. The number of carbonyl (C=O) groups is 2. The van der Waals surface area contributed by atoms with Crippen molar-refractivity contribution in [3.63, 3.8) is 0 Å². The highest BCUT2D eigenvalue weighted by atomic mass is 79.9. The Morgan fingerprint density at radius 1 is 1.14 bits per heavy atom. The Bertz CT molecular complexity index is 1080. The molecule has 29 heavy (non-hydrogen) atoms. The molecule has 0 saturated heterocycles. The molecule has 2 N–H and O–H groups in total. The molecule has 3 aromatic rings. The SMILES string of the molecule is C.CNC(=O)c1cc(Cl)cc(C)c1NC(=O)c1cc(Br)nn1-c1ncccc1C.